The summed E-state index contributed by atoms with van der Waals surface area (Å²) in [4.78, 5) is 0. The second-order valence-electron chi connectivity index (χ2n) is 5.53. The first-order valence-electron chi connectivity index (χ1n) is 7.27. The zero-order valence-corrected chi connectivity index (χ0v) is 12.9. The van der Waals surface area contributed by atoms with Crippen molar-refractivity contribution in [3.63, 3.8) is 0 Å². The Bertz CT molecular complexity index is 719. The summed E-state index contributed by atoms with van der Waals surface area (Å²) in [5.41, 5.74) is 0.815. The summed E-state index contributed by atoms with van der Waals surface area (Å²) >= 11 is 0. The molecule has 7 heteroatoms. The molecule has 2 aromatic rings. The number of nitrogens with one attached hydrogen (secondary N) is 2. The van der Waals surface area contributed by atoms with Crippen molar-refractivity contribution in [1.82, 2.24) is 14.5 Å². The highest BCUT2D eigenvalue weighted by atomic mass is 32.2. The molecule has 0 bridgehead atoms. The van der Waals surface area contributed by atoms with Crippen molar-refractivity contribution in [3.05, 3.63) is 24.3 Å². The van der Waals surface area contributed by atoms with E-state index in [0.717, 1.165) is 36.6 Å². The van der Waals surface area contributed by atoms with Gasteiger partial charge in [0.1, 0.15) is 0 Å². The minimum absolute atomic E-state index is 0.0847. The van der Waals surface area contributed by atoms with Gasteiger partial charge in [0.05, 0.1) is 5.52 Å². The molecule has 0 atom stereocenters. The van der Waals surface area contributed by atoms with Crippen LogP contribution in [0.3, 0.4) is 0 Å². The number of aromatic nitrogens is 2. The number of para-hydroxylation sites is 1. The number of rotatable bonds is 4. The summed E-state index contributed by atoms with van der Waals surface area (Å²) in [5, 5.41) is 7.68. The lowest BCUT2D eigenvalue weighted by Gasteiger charge is -2.30. The molecule has 21 heavy (non-hydrogen) atoms. The van der Waals surface area contributed by atoms with E-state index in [1.807, 2.05) is 24.3 Å². The van der Waals surface area contributed by atoms with Crippen molar-refractivity contribution in [2.24, 2.45) is 0 Å². The molecule has 0 spiro atoms. The van der Waals surface area contributed by atoms with Crippen molar-refractivity contribution in [2.45, 2.75) is 38.1 Å². The van der Waals surface area contributed by atoms with E-state index < -0.39 is 10.2 Å². The average molecular weight is 308 g/mol. The predicted octanol–water partition coefficient (Wildman–Crippen LogP) is 2.48. The molecule has 1 fully saturated rings. The highest BCUT2D eigenvalue weighted by molar-refractivity contribution is 7.90. The lowest BCUT2D eigenvalue weighted by atomic mass is 9.96. The van der Waals surface area contributed by atoms with E-state index >= 15 is 0 Å². The quantitative estimate of drug-likeness (QED) is 0.911. The molecule has 1 saturated carbocycles. The van der Waals surface area contributed by atoms with Crippen LogP contribution in [-0.4, -0.2) is 36.0 Å². The summed E-state index contributed by atoms with van der Waals surface area (Å²) < 4.78 is 29.1. The van der Waals surface area contributed by atoms with Crippen molar-refractivity contribution in [1.29, 1.82) is 0 Å². The number of H-pyrrole nitrogens is 1. The van der Waals surface area contributed by atoms with E-state index in [1.54, 1.807) is 7.05 Å². The van der Waals surface area contributed by atoms with Crippen LogP contribution in [-0.2, 0) is 10.2 Å². The summed E-state index contributed by atoms with van der Waals surface area (Å²) in [5.74, 6) is 0.355. The minimum atomic E-state index is -3.57. The van der Waals surface area contributed by atoms with Gasteiger partial charge in [-0.25, -0.2) is 0 Å². The second kappa shape index (κ2) is 5.65. The van der Waals surface area contributed by atoms with Gasteiger partial charge < -0.3 is 0 Å². The molecule has 1 aromatic heterocycles. The fraction of sp³-hybridized carbons (Fsp3) is 0.500. The maximum absolute atomic E-state index is 12.5. The molecule has 0 aliphatic heterocycles. The summed E-state index contributed by atoms with van der Waals surface area (Å²) in [7, 11) is -1.93. The monoisotopic (exact) mass is 308 g/mol. The average Bonchev–Trinajstić information content (AvgIpc) is 2.90. The first-order chi connectivity index (χ1) is 10.1. The number of fused-ring (bicyclic) bond motifs is 1. The summed E-state index contributed by atoms with van der Waals surface area (Å²) in [6.45, 7) is 0. The largest absolute Gasteiger partial charge is 0.302 e. The molecule has 0 saturated heterocycles. The molecule has 1 aliphatic rings. The molecule has 1 aliphatic carbocycles. The Morgan fingerprint density at radius 3 is 2.71 bits per heavy atom. The Labute approximate surface area is 124 Å². The molecule has 0 amide bonds. The third-order valence-electron chi connectivity index (χ3n) is 4.16. The Hall–Kier alpha value is -1.60. The van der Waals surface area contributed by atoms with Gasteiger partial charge in [-0.15, -0.1) is 0 Å². The smallest absolute Gasteiger partial charge is 0.276 e. The van der Waals surface area contributed by atoms with Crippen molar-refractivity contribution in [2.75, 3.05) is 11.8 Å². The van der Waals surface area contributed by atoms with Gasteiger partial charge in [-0.05, 0) is 25.0 Å². The van der Waals surface area contributed by atoms with Crippen LogP contribution >= 0.6 is 0 Å². The number of hydrogen-bond acceptors (Lipinski definition) is 3. The molecule has 3 rings (SSSR count). The highest BCUT2D eigenvalue weighted by Gasteiger charge is 2.28. The van der Waals surface area contributed by atoms with Crippen LogP contribution in [0.5, 0.6) is 0 Å². The van der Waals surface area contributed by atoms with Crippen LogP contribution in [0.2, 0.25) is 0 Å². The Kier molecular flexibility index (Phi) is 3.86. The third kappa shape index (κ3) is 2.89. The first kappa shape index (κ1) is 14.3. The molecule has 1 heterocycles. The van der Waals surface area contributed by atoms with E-state index in [2.05, 4.69) is 14.9 Å². The first-order valence-corrected chi connectivity index (χ1v) is 8.71. The van der Waals surface area contributed by atoms with Crippen LogP contribution in [0.15, 0.2) is 24.3 Å². The molecule has 0 radical (unpaired) electrons. The Balaban J connectivity index is 1.82. The highest BCUT2D eigenvalue weighted by Crippen LogP contribution is 2.25. The summed E-state index contributed by atoms with van der Waals surface area (Å²) in [6, 6.07) is 7.54. The van der Waals surface area contributed by atoms with Gasteiger partial charge in [0.15, 0.2) is 5.82 Å². The van der Waals surface area contributed by atoms with Gasteiger partial charge in [-0.1, -0.05) is 31.4 Å². The van der Waals surface area contributed by atoms with E-state index in [-0.39, 0.29) is 6.04 Å². The molecular weight excluding hydrogens is 288 g/mol. The van der Waals surface area contributed by atoms with Gasteiger partial charge in [0.25, 0.3) is 0 Å². The normalized spacial score (nSPS) is 17.4. The fourth-order valence-electron chi connectivity index (χ4n) is 2.88. The molecule has 1 aromatic carbocycles. The Morgan fingerprint density at radius 1 is 1.24 bits per heavy atom. The zero-order chi connectivity index (χ0) is 14.9. The lowest BCUT2D eigenvalue weighted by molar-refractivity contribution is 0.287. The van der Waals surface area contributed by atoms with E-state index in [4.69, 9.17) is 0 Å². The van der Waals surface area contributed by atoms with Crippen LogP contribution in [0, 0.1) is 0 Å². The minimum Gasteiger partial charge on any atom is -0.276 e. The SMILES string of the molecule is CN(C1CCCCC1)S(=O)(=O)Nc1n[nH]c2ccccc12. The van der Waals surface area contributed by atoms with Crippen LogP contribution in [0.4, 0.5) is 5.82 Å². The standard InChI is InChI=1S/C14H20N4O2S/c1-18(11-7-3-2-4-8-11)21(19,20)17-14-12-9-5-6-10-13(12)15-16-14/h5-6,9-11H,2-4,7-8H2,1H3,(H2,15,16,17). The Morgan fingerprint density at radius 2 is 1.95 bits per heavy atom. The van der Waals surface area contributed by atoms with Crippen LogP contribution in [0.1, 0.15) is 32.1 Å². The van der Waals surface area contributed by atoms with E-state index in [9.17, 15) is 8.42 Å². The lowest BCUT2D eigenvalue weighted by Crippen LogP contribution is -2.41. The van der Waals surface area contributed by atoms with Crippen LogP contribution < -0.4 is 4.72 Å². The van der Waals surface area contributed by atoms with Gasteiger partial charge in [-0.3, -0.25) is 9.82 Å². The second-order valence-corrected chi connectivity index (χ2v) is 7.26. The third-order valence-corrected chi connectivity index (χ3v) is 5.67. The molecule has 2 N–H and O–H groups in total. The van der Waals surface area contributed by atoms with E-state index in [0.29, 0.717) is 5.82 Å². The maximum Gasteiger partial charge on any atom is 0.302 e. The molecule has 0 unspecified atom stereocenters. The predicted molar refractivity (Wildman–Crippen MR) is 83.3 cm³/mol. The molecule has 114 valence electrons. The van der Waals surface area contributed by atoms with Gasteiger partial charge in [0, 0.05) is 18.5 Å². The molecular formula is C14H20N4O2S. The number of hydrogen-bond donors (Lipinski definition) is 2. The topological polar surface area (TPSA) is 78.1 Å². The van der Waals surface area contributed by atoms with Crippen molar-refractivity contribution < 1.29 is 8.42 Å². The molecule has 6 nitrogen and oxygen atoms in total. The van der Waals surface area contributed by atoms with Crippen molar-refractivity contribution in [3.8, 4) is 0 Å². The number of nitrogens with zero attached hydrogens (tertiary/aromatic N) is 2. The zero-order valence-electron chi connectivity index (χ0n) is 12.0. The van der Waals surface area contributed by atoms with E-state index in [1.165, 1.54) is 10.7 Å². The van der Waals surface area contributed by atoms with Crippen LogP contribution in [0.25, 0.3) is 10.9 Å². The summed E-state index contributed by atoms with van der Waals surface area (Å²) in [6.07, 6.45) is 5.24. The fourth-order valence-corrected chi connectivity index (χ4v) is 4.02. The van der Waals surface area contributed by atoms with Crippen molar-refractivity contribution >= 4 is 26.9 Å². The number of anilines is 1. The number of benzene rings is 1. The van der Waals surface area contributed by atoms with Gasteiger partial charge in [0.2, 0.25) is 0 Å². The number of aromatic amines is 1. The van der Waals surface area contributed by atoms with Gasteiger partial charge in [-0.2, -0.15) is 17.8 Å². The maximum atomic E-state index is 12.5. The van der Waals surface area contributed by atoms with Gasteiger partial charge >= 0.3 is 10.2 Å².